The molecule has 1 aromatic carbocycles. The van der Waals surface area contributed by atoms with Crippen molar-refractivity contribution in [1.82, 2.24) is 9.97 Å². The van der Waals surface area contributed by atoms with Crippen LogP contribution in [0.25, 0.3) is 0 Å². The van der Waals surface area contributed by atoms with Crippen LogP contribution in [0.3, 0.4) is 0 Å². The minimum atomic E-state index is -0.292. The minimum absolute atomic E-state index is 0.169. The summed E-state index contributed by atoms with van der Waals surface area (Å²) >= 11 is 6.14. The number of benzene rings is 1. The van der Waals surface area contributed by atoms with E-state index >= 15 is 0 Å². The molecule has 0 aliphatic rings. The predicted molar refractivity (Wildman–Crippen MR) is 80.3 cm³/mol. The van der Waals surface area contributed by atoms with E-state index in [0.29, 0.717) is 22.5 Å². The van der Waals surface area contributed by atoms with Gasteiger partial charge in [-0.3, -0.25) is 0 Å². The Labute approximate surface area is 123 Å². The Morgan fingerprint density at radius 2 is 1.90 bits per heavy atom. The summed E-state index contributed by atoms with van der Waals surface area (Å²) in [6, 6.07) is 4.60. The summed E-state index contributed by atoms with van der Waals surface area (Å²) in [6.45, 7) is 7.74. The molecule has 0 saturated carbocycles. The molecule has 0 amide bonds. The average Bonchev–Trinajstić information content (AvgIpc) is 2.38. The molecule has 2 aromatic rings. The Balaban J connectivity index is 2.45. The van der Waals surface area contributed by atoms with Crippen molar-refractivity contribution >= 4 is 23.1 Å². The van der Waals surface area contributed by atoms with Gasteiger partial charge in [-0.25, -0.2) is 14.4 Å². The van der Waals surface area contributed by atoms with Gasteiger partial charge in [0.1, 0.15) is 22.6 Å². The highest BCUT2D eigenvalue weighted by atomic mass is 35.5. The van der Waals surface area contributed by atoms with Gasteiger partial charge in [-0.2, -0.15) is 0 Å². The number of anilines is 2. The first kappa shape index (κ1) is 14.7. The minimum Gasteiger partial charge on any atom is -0.340 e. The van der Waals surface area contributed by atoms with E-state index in [9.17, 15) is 4.39 Å². The van der Waals surface area contributed by atoms with Crippen molar-refractivity contribution in [3.05, 3.63) is 46.1 Å². The molecular weight excluding hydrogens is 277 g/mol. The number of aryl methyl sites for hydroxylation is 1. The molecule has 106 valence electrons. The van der Waals surface area contributed by atoms with Crippen LogP contribution in [-0.4, -0.2) is 9.97 Å². The van der Waals surface area contributed by atoms with Crippen LogP contribution in [0, 0.1) is 19.7 Å². The molecule has 0 atom stereocenters. The zero-order valence-electron chi connectivity index (χ0n) is 12.0. The van der Waals surface area contributed by atoms with Crippen LogP contribution in [0.5, 0.6) is 0 Å². The van der Waals surface area contributed by atoms with Crippen molar-refractivity contribution in [1.29, 1.82) is 0 Å². The van der Waals surface area contributed by atoms with Gasteiger partial charge >= 0.3 is 0 Å². The maximum absolute atomic E-state index is 13.3. The predicted octanol–water partition coefficient (Wildman–Crippen LogP) is 4.75. The molecule has 1 heterocycles. The molecule has 0 bridgehead atoms. The van der Waals surface area contributed by atoms with Crippen LogP contribution in [0.1, 0.15) is 36.7 Å². The highest BCUT2D eigenvalue weighted by molar-refractivity contribution is 6.30. The second kappa shape index (κ2) is 5.75. The number of hydrogen-bond donors (Lipinski definition) is 1. The summed E-state index contributed by atoms with van der Waals surface area (Å²) in [6.07, 6.45) is 0. The van der Waals surface area contributed by atoms with Crippen molar-refractivity contribution in [3.8, 4) is 0 Å². The number of hydrogen-bond acceptors (Lipinski definition) is 3. The number of nitrogens with one attached hydrogen (secondary N) is 1. The standard InChI is InChI=1S/C15H17ClFN3/c1-8(2)14-19-13(16)10(4)15(20-14)18-12-7-11(17)6-5-9(12)3/h5-8H,1-4H3,(H,18,19,20). The van der Waals surface area contributed by atoms with Crippen molar-refractivity contribution < 1.29 is 4.39 Å². The number of nitrogens with zero attached hydrogens (tertiary/aromatic N) is 2. The summed E-state index contributed by atoms with van der Waals surface area (Å²) in [5.74, 6) is 1.15. The first-order chi connectivity index (χ1) is 9.38. The summed E-state index contributed by atoms with van der Waals surface area (Å²) < 4.78 is 13.3. The maximum Gasteiger partial charge on any atom is 0.138 e. The molecule has 3 nitrogen and oxygen atoms in total. The van der Waals surface area contributed by atoms with Crippen LogP contribution in [-0.2, 0) is 0 Å². The molecule has 0 unspecified atom stereocenters. The van der Waals surface area contributed by atoms with E-state index < -0.39 is 0 Å². The van der Waals surface area contributed by atoms with E-state index in [1.54, 1.807) is 6.07 Å². The summed E-state index contributed by atoms with van der Waals surface area (Å²) in [5.41, 5.74) is 2.36. The normalized spacial score (nSPS) is 10.9. The summed E-state index contributed by atoms with van der Waals surface area (Å²) in [5, 5.41) is 3.56. The van der Waals surface area contributed by atoms with Crippen LogP contribution in [0.2, 0.25) is 5.15 Å². The monoisotopic (exact) mass is 293 g/mol. The summed E-state index contributed by atoms with van der Waals surface area (Å²) in [7, 11) is 0. The highest BCUT2D eigenvalue weighted by Crippen LogP contribution is 2.27. The van der Waals surface area contributed by atoms with E-state index in [4.69, 9.17) is 11.6 Å². The third-order valence-electron chi connectivity index (χ3n) is 3.07. The van der Waals surface area contributed by atoms with Gasteiger partial charge in [0, 0.05) is 17.2 Å². The van der Waals surface area contributed by atoms with Crippen molar-refractivity contribution in [2.75, 3.05) is 5.32 Å². The lowest BCUT2D eigenvalue weighted by molar-refractivity contribution is 0.628. The molecule has 0 radical (unpaired) electrons. The Bertz CT molecular complexity index is 641. The third-order valence-corrected chi connectivity index (χ3v) is 3.44. The van der Waals surface area contributed by atoms with E-state index in [1.165, 1.54) is 12.1 Å². The Morgan fingerprint density at radius 3 is 2.55 bits per heavy atom. The van der Waals surface area contributed by atoms with E-state index in [0.717, 1.165) is 11.1 Å². The fourth-order valence-electron chi connectivity index (χ4n) is 1.74. The number of rotatable bonds is 3. The molecule has 0 aliphatic heterocycles. The summed E-state index contributed by atoms with van der Waals surface area (Å²) in [4.78, 5) is 8.72. The smallest absolute Gasteiger partial charge is 0.138 e. The van der Waals surface area contributed by atoms with E-state index in [-0.39, 0.29) is 11.7 Å². The van der Waals surface area contributed by atoms with Crippen molar-refractivity contribution in [3.63, 3.8) is 0 Å². The van der Waals surface area contributed by atoms with Gasteiger partial charge < -0.3 is 5.32 Å². The molecule has 0 fully saturated rings. The third kappa shape index (κ3) is 3.07. The lowest BCUT2D eigenvalue weighted by atomic mass is 10.2. The Kier molecular flexibility index (Phi) is 4.23. The molecule has 0 aliphatic carbocycles. The maximum atomic E-state index is 13.3. The molecule has 5 heteroatoms. The molecule has 1 aromatic heterocycles. The largest absolute Gasteiger partial charge is 0.340 e. The first-order valence-electron chi connectivity index (χ1n) is 6.45. The van der Waals surface area contributed by atoms with Gasteiger partial charge in [-0.05, 0) is 31.5 Å². The van der Waals surface area contributed by atoms with Gasteiger partial charge in [-0.15, -0.1) is 0 Å². The van der Waals surface area contributed by atoms with Crippen molar-refractivity contribution in [2.24, 2.45) is 0 Å². The second-order valence-electron chi connectivity index (χ2n) is 5.09. The zero-order valence-corrected chi connectivity index (χ0v) is 12.7. The Hall–Kier alpha value is -1.68. The van der Waals surface area contributed by atoms with E-state index in [2.05, 4.69) is 15.3 Å². The second-order valence-corrected chi connectivity index (χ2v) is 5.44. The van der Waals surface area contributed by atoms with Gasteiger partial charge in [0.2, 0.25) is 0 Å². The molecule has 2 rings (SSSR count). The highest BCUT2D eigenvalue weighted by Gasteiger charge is 2.13. The zero-order chi connectivity index (χ0) is 14.9. The van der Waals surface area contributed by atoms with Gasteiger partial charge in [-0.1, -0.05) is 31.5 Å². The first-order valence-corrected chi connectivity index (χ1v) is 6.83. The molecule has 0 saturated heterocycles. The Morgan fingerprint density at radius 1 is 1.20 bits per heavy atom. The van der Waals surface area contributed by atoms with Gasteiger partial charge in [0.25, 0.3) is 0 Å². The van der Waals surface area contributed by atoms with Crippen LogP contribution >= 0.6 is 11.6 Å². The molecule has 20 heavy (non-hydrogen) atoms. The molecule has 1 N–H and O–H groups in total. The fraction of sp³-hybridized carbons (Fsp3) is 0.333. The molecule has 0 spiro atoms. The van der Waals surface area contributed by atoms with Crippen LogP contribution in [0.15, 0.2) is 18.2 Å². The van der Waals surface area contributed by atoms with Gasteiger partial charge in [0.15, 0.2) is 0 Å². The van der Waals surface area contributed by atoms with Crippen molar-refractivity contribution in [2.45, 2.75) is 33.6 Å². The molecular formula is C15H17ClFN3. The number of aromatic nitrogens is 2. The number of halogens is 2. The lowest BCUT2D eigenvalue weighted by Gasteiger charge is -2.14. The lowest BCUT2D eigenvalue weighted by Crippen LogP contribution is -2.06. The fourth-order valence-corrected chi connectivity index (χ4v) is 1.92. The SMILES string of the molecule is Cc1ccc(F)cc1Nc1nc(C(C)C)nc(Cl)c1C. The average molecular weight is 294 g/mol. The van der Waals surface area contributed by atoms with Gasteiger partial charge in [0.05, 0.1) is 0 Å². The topological polar surface area (TPSA) is 37.8 Å². The quantitative estimate of drug-likeness (QED) is 0.830. The van der Waals surface area contributed by atoms with Crippen LogP contribution in [0.4, 0.5) is 15.9 Å². The van der Waals surface area contributed by atoms with E-state index in [1.807, 2.05) is 27.7 Å². The van der Waals surface area contributed by atoms with Crippen LogP contribution < -0.4 is 5.32 Å².